The van der Waals surface area contributed by atoms with E-state index in [4.69, 9.17) is 4.74 Å². The second-order valence-corrected chi connectivity index (χ2v) is 8.70. The lowest BCUT2D eigenvalue weighted by molar-refractivity contribution is -0.137. The fraction of sp³-hybridized carbons (Fsp3) is 0.619. The number of piperazine rings is 1. The van der Waals surface area contributed by atoms with Gasteiger partial charge in [0.2, 0.25) is 5.91 Å². The van der Waals surface area contributed by atoms with E-state index in [0.717, 1.165) is 5.56 Å². The van der Waals surface area contributed by atoms with Gasteiger partial charge in [-0.05, 0) is 51.4 Å². The van der Waals surface area contributed by atoms with Gasteiger partial charge in [0.1, 0.15) is 17.5 Å². The molecule has 1 aromatic rings. The molecule has 2 amide bonds. The number of nitrogens with zero attached hydrogens (tertiary/aromatic N) is 2. The maximum atomic E-state index is 13.3. The molecule has 2 atom stereocenters. The minimum atomic E-state index is -0.660. The zero-order valence-electron chi connectivity index (χ0n) is 17.7. The summed E-state index contributed by atoms with van der Waals surface area (Å²) in [5.41, 5.74) is 0.332. The molecule has 0 aromatic heterocycles. The number of benzene rings is 1. The van der Waals surface area contributed by atoms with Crippen molar-refractivity contribution in [3.05, 3.63) is 35.6 Å². The third-order valence-electron chi connectivity index (χ3n) is 4.82. The summed E-state index contributed by atoms with van der Waals surface area (Å²) in [5.74, 6) is -0.485. The van der Waals surface area contributed by atoms with E-state index in [-0.39, 0.29) is 23.7 Å². The third kappa shape index (κ3) is 5.92. The van der Waals surface area contributed by atoms with E-state index in [1.807, 2.05) is 20.9 Å². The van der Waals surface area contributed by atoms with Gasteiger partial charge in [0.15, 0.2) is 0 Å². The monoisotopic (exact) mass is 393 g/mol. The predicted molar refractivity (Wildman–Crippen MR) is 106 cm³/mol. The quantitative estimate of drug-likeness (QED) is 0.853. The average molecular weight is 394 g/mol. The summed E-state index contributed by atoms with van der Waals surface area (Å²) < 4.78 is 18.6. The number of rotatable bonds is 4. The predicted octanol–water partition coefficient (Wildman–Crippen LogP) is 3.19. The Balaban J connectivity index is 2.11. The molecule has 1 fully saturated rings. The number of carbonyl (C=O) groups excluding carboxylic acids is 2. The highest BCUT2D eigenvalue weighted by atomic mass is 19.1. The summed E-state index contributed by atoms with van der Waals surface area (Å²) in [6.45, 7) is 10.9. The highest BCUT2D eigenvalue weighted by Crippen LogP contribution is 2.25. The molecule has 6 nitrogen and oxygen atoms in total. The van der Waals surface area contributed by atoms with Crippen molar-refractivity contribution < 1.29 is 18.7 Å². The molecule has 1 heterocycles. The second kappa shape index (κ2) is 8.90. The first-order chi connectivity index (χ1) is 13.0. The molecule has 0 aliphatic carbocycles. The molecule has 156 valence electrons. The van der Waals surface area contributed by atoms with Crippen LogP contribution in [0.4, 0.5) is 9.18 Å². The molecule has 2 rings (SSSR count). The van der Waals surface area contributed by atoms with Gasteiger partial charge >= 0.3 is 6.09 Å². The fourth-order valence-electron chi connectivity index (χ4n) is 3.26. The number of hydrogen-bond acceptors (Lipinski definition) is 4. The van der Waals surface area contributed by atoms with Crippen LogP contribution in [0.1, 0.15) is 46.2 Å². The molecule has 1 saturated heterocycles. The lowest BCUT2D eigenvalue weighted by atomic mass is 9.99. The van der Waals surface area contributed by atoms with E-state index < -0.39 is 17.7 Å². The van der Waals surface area contributed by atoms with Crippen molar-refractivity contribution >= 4 is 12.0 Å². The molecule has 7 heteroatoms. The normalized spacial score (nSPS) is 19.4. The van der Waals surface area contributed by atoms with E-state index in [0.29, 0.717) is 19.6 Å². The number of ether oxygens (including phenoxy) is 1. The van der Waals surface area contributed by atoms with Gasteiger partial charge in [-0.1, -0.05) is 26.0 Å². The van der Waals surface area contributed by atoms with Crippen molar-refractivity contribution in [3.8, 4) is 0 Å². The second-order valence-electron chi connectivity index (χ2n) is 8.70. The van der Waals surface area contributed by atoms with Gasteiger partial charge in [0.25, 0.3) is 0 Å². The zero-order chi connectivity index (χ0) is 21.1. The van der Waals surface area contributed by atoms with Gasteiger partial charge in [-0.25, -0.2) is 9.18 Å². The minimum Gasteiger partial charge on any atom is -0.444 e. The Morgan fingerprint density at radius 3 is 2.32 bits per heavy atom. The summed E-state index contributed by atoms with van der Waals surface area (Å²) in [7, 11) is 1.99. The molecule has 1 aliphatic heterocycles. The molecule has 1 N–H and O–H groups in total. The van der Waals surface area contributed by atoms with Crippen LogP contribution in [0.25, 0.3) is 0 Å². The molecule has 2 unspecified atom stereocenters. The van der Waals surface area contributed by atoms with E-state index in [2.05, 4.69) is 10.2 Å². The van der Waals surface area contributed by atoms with Gasteiger partial charge in [-0.15, -0.1) is 0 Å². The van der Waals surface area contributed by atoms with Crippen LogP contribution in [0.2, 0.25) is 0 Å². The van der Waals surface area contributed by atoms with Crippen LogP contribution < -0.4 is 5.32 Å². The Kier molecular flexibility index (Phi) is 7.04. The zero-order valence-corrected chi connectivity index (χ0v) is 17.7. The third-order valence-corrected chi connectivity index (χ3v) is 4.82. The lowest BCUT2D eigenvalue weighted by Crippen LogP contribution is -2.57. The Bertz CT molecular complexity index is 685. The van der Waals surface area contributed by atoms with Crippen molar-refractivity contribution in [2.45, 2.75) is 52.3 Å². The molecule has 28 heavy (non-hydrogen) atoms. The summed E-state index contributed by atoms with van der Waals surface area (Å²) in [6, 6.07) is 5.70. The summed E-state index contributed by atoms with van der Waals surface area (Å²) in [6.07, 6.45) is -0.594. The first kappa shape index (κ1) is 22.1. The van der Waals surface area contributed by atoms with Crippen LogP contribution in [-0.2, 0) is 9.53 Å². The smallest absolute Gasteiger partial charge is 0.408 e. The fourth-order valence-corrected chi connectivity index (χ4v) is 3.26. The van der Waals surface area contributed by atoms with Gasteiger partial charge in [0.05, 0.1) is 6.04 Å². The standard InChI is InChI=1S/C21H32FN3O3/c1-14(2)18(23-20(27)28-21(3,4)5)19(26)25-12-11-24(6)17(13-25)15-7-9-16(22)10-8-15/h7-10,14,17-18H,11-13H2,1-6H3,(H,23,27). The SMILES string of the molecule is CC(C)C(NC(=O)OC(C)(C)C)C(=O)N1CCN(C)C(c2ccc(F)cc2)C1. The van der Waals surface area contributed by atoms with Crippen LogP contribution in [0.3, 0.4) is 0 Å². The largest absolute Gasteiger partial charge is 0.444 e. The van der Waals surface area contributed by atoms with Crippen molar-refractivity contribution in [3.63, 3.8) is 0 Å². The summed E-state index contributed by atoms with van der Waals surface area (Å²) in [5, 5.41) is 2.73. The first-order valence-corrected chi connectivity index (χ1v) is 9.72. The molecule has 0 bridgehead atoms. The van der Waals surface area contributed by atoms with Crippen molar-refractivity contribution in [1.29, 1.82) is 0 Å². The molecule has 0 radical (unpaired) electrons. The van der Waals surface area contributed by atoms with Gasteiger partial charge in [-0.3, -0.25) is 9.69 Å². The molecule has 1 aliphatic rings. The van der Waals surface area contributed by atoms with E-state index in [1.54, 1.807) is 37.8 Å². The maximum absolute atomic E-state index is 13.3. The van der Waals surface area contributed by atoms with Crippen molar-refractivity contribution in [1.82, 2.24) is 15.1 Å². The van der Waals surface area contributed by atoms with E-state index in [9.17, 15) is 14.0 Å². The highest BCUT2D eigenvalue weighted by Gasteiger charge is 2.34. The number of hydrogen-bond donors (Lipinski definition) is 1. The van der Waals surface area contributed by atoms with Crippen molar-refractivity contribution in [2.24, 2.45) is 5.92 Å². The first-order valence-electron chi connectivity index (χ1n) is 9.72. The van der Waals surface area contributed by atoms with Gasteiger partial charge in [0, 0.05) is 19.6 Å². The van der Waals surface area contributed by atoms with Crippen LogP contribution in [0, 0.1) is 11.7 Å². The summed E-state index contributed by atoms with van der Waals surface area (Å²) in [4.78, 5) is 29.3. The number of carbonyl (C=O) groups is 2. The van der Waals surface area contributed by atoms with E-state index >= 15 is 0 Å². The van der Waals surface area contributed by atoms with Gasteiger partial charge in [-0.2, -0.15) is 0 Å². The summed E-state index contributed by atoms with van der Waals surface area (Å²) >= 11 is 0. The lowest BCUT2D eigenvalue weighted by Gasteiger charge is -2.41. The number of nitrogens with one attached hydrogen (secondary N) is 1. The Morgan fingerprint density at radius 1 is 1.18 bits per heavy atom. The van der Waals surface area contributed by atoms with Crippen LogP contribution in [0.5, 0.6) is 0 Å². The van der Waals surface area contributed by atoms with Crippen molar-refractivity contribution in [2.75, 3.05) is 26.7 Å². The highest BCUT2D eigenvalue weighted by molar-refractivity contribution is 5.86. The number of alkyl carbamates (subject to hydrolysis) is 1. The van der Waals surface area contributed by atoms with Crippen LogP contribution >= 0.6 is 0 Å². The Morgan fingerprint density at radius 2 is 1.79 bits per heavy atom. The Hall–Kier alpha value is -2.15. The number of amides is 2. The minimum absolute atomic E-state index is 0.0207. The number of halogens is 1. The van der Waals surface area contributed by atoms with Crippen LogP contribution in [0.15, 0.2) is 24.3 Å². The topological polar surface area (TPSA) is 61.9 Å². The molecular weight excluding hydrogens is 361 g/mol. The molecule has 0 spiro atoms. The van der Waals surface area contributed by atoms with Crippen LogP contribution in [-0.4, -0.2) is 60.1 Å². The Labute approximate surface area is 167 Å². The molecule has 0 saturated carbocycles. The number of likely N-dealkylation sites (N-methyl/N-ethyl adjacent to an activating group) is 1. The average Bonchev–Trinajstić information content (AvgIpc) is 2.58. The molecule has 1 aromatic carbocycles. The van der Waals surface area contributed by atoms with E-state index in [1.165, 1.54) is 12.1 Å². The van der Waals surface area contributed by atoms with Gasteiger partial charge < -0.3 is 15.0 Å². The molecular formula is C21H32FN3O3. The maximum Gasteiger partial charge on any atom is 0.408 e.